The van der Waals surface area contributed by atoms with Crippen molar-refractivity contribution in [1.82, 2.24) is 25.2 Å². The molecule has 1 aliphatic rings. The number of nitrogens with zero attached hydrogens (tertiary/aromatic N) is 5. The van der Waals surface area contributed by atoms with Gasteiger partial charge in [0.1, 0.15) is 18.6 Å². The highest BCUT2D eigenvalue weighted by Crippen LogP contribution is 2.13. The van der Waals surface area contributed by atoms with Crippen molar-refractivity contribution in [3.05, 3.63) is 47.9 Å². The van der Waals surface area contributed by atoms with Crippen LogP contribution in [0.2, 0.25) is 0 Å². The third-order valence-corrected chi connectivity index (χ3v) is 5.71. The van der Waals surface area contributed by atoms with Gasteiger partial charge in [0.2, 0.25) is 0 Å². The van der Waals surface area contributed by atoms with Crippen LogP contribution in [-0.2, 0) is 13.1 Å². The van der Waals surface area contributed by atoms with Crippen molar-refractivity contribution in [2.24, 2.45) is 4.99 Å². The first kappa shape index (κ1) is 23.1. The Morgan fingerprint density at radius 2 is 1.87 bits per heavy atom. The molecule has 8 heteroatoms. The smallest absolute Gasteiger partial charge is 0.194 e. The molecule has 0 bridgehead atoms. The molecule has 2 aromatic rings. The minimum Gasteiger partial charge on any atom is -0.492 e. The zero-order chi connectivity index (χ0) is 21.9. The fourth-order valence-electron chi connectivity index (χ4n) is 3.72. The maximum Gasteiger partial charge on any atom is 0.194 e. The van der Waals surface area contributed by atoms with E-state index in [1.54, 1.807) is 6.26 Å². The molecule has 0 atom stereocenters. The van der Waals surface area contributed by atoms with Gasteiger partial charge in [-0.15, -0.1) is 0 Å². The quantitative estimate of drug-likeness (QED) is 0.460. The van der Waals surface area contributed by atoms with Gasteiger partial charge in [0.05, 0.1) is 5.69 Å². The first-order valence-electron chi connectivity index (χ1n) is 11.2. The second kappa shape index (κ2) is 12.3. The van der Waals surface area contributed by atoms with Gasteiger partial charge in [-0.3, -0.25) is 9.89 Å². The number of hydrogen-bond acceptors (Lipinski definition) is 6. The minimum absolute atomic E-state index is 0.717. The van der Waals surface area contributed by atoms with Crippen LogP contribution >= 0.6 is 0 Å². The van der Waals surface area contributed by atoms with Gasteiger partial charge < -0.3 is 24.4 Å². The summed E-state index contributed by atoms with van der Waals surface area (Å²) in [6.45, 7) is 13.6. The monoisotopic (exact) mass is 428 g/mol. The van der Waals surface area contributed by atoms with Gasteiger partial charge in [-0.2, -0.15) is 0 Å². The number of likely N-dealkylation sites (N-methyl/N-ethyl adjacent to an activating group) is 1. The van der Waals surface area contributed by atoms with Gasteiger partial charge in [0.15, 0.2) is 5.96 Å². The zero-order valence-electron chi connectivity index (χ0n) is 19.1. The van der Waals surface area contributed by atoms with Crippen molar-refractivity contribution in [2.75, 3.05) is 59.5 Å². The molecule has 0 radical (unpaired) electrons. The average Bonchev–Trinajstić information content (AvgIpc) is 3.32. The molecule has 0 aliphatic carbocycles. The summed E-state index contributed by atoms with van der Waals surface area (Å²) in [7, 11) is 1.84. The lowest BCUT2D eigenvalue weighted by molar-refractivity contribution is 0.169. The number of hydrogen-bond donors (Lipinski definition) is 1. The van der Waals surface area contributed by atoms with E-state index in [4.69, 9.17) is 9.26 Å². The number of benzene rings is 1. The molecule has 1 saturated heterocycles. The van der Waals surface area contributed by atoms with E-state index >= 15 is 0 Å². The van der Waals surface area contributed by atoms with Gasteiger partial charge in [-0.25, -0.2) is 0 Å². The van der Waals surface area contributed by atoms with Gasteiger partial charge in [-0.1, -0.05) is 31.1 Å². The zero-order valence-corrected chi connectivity index (χ0v) is 19.1. The number of guanidine groups is 1. The summed E-state index contributed by atoms with van der Waals surface area (Å²) < 4.78 is 10.8. The SMILES string of the molecule is CCN(CC)CCOc1ccc(CNC(=NC)N2CCN(Cc3ccon3)CC2)cc1. The Morgan fingerprint density at radius 1 is 1.13 bits per heavy atom. The fourth-order valence-corrected chi connectivity index (χ4v) is 3.72. The summed E-state index contributed by atoms with van der Waals surface area (Å²) in [5, 5.41) is 7.50. The van der Waals surface area contributed by atoms with Crippen molar-refractivity contribution < 1.29 is 9.26 Å². The standard InChI is InChI=1S/C23H36N6O2/c1-4-27(5-2)15-17-30-22-8-6-20(7-9-22)18-25-23(24-3)29-13-11-28(12-14-29)19-21-10-16-31-26-21/h6-10,16H,4-5,11-15,17-19H2,1-3H3,(H,24,25). The van der Waals surface area contributed by atoms with E-state index < -0.39 is 0 Å². The van der Waals surface area contributed by atoms with E-state index in [-0.39, 0.29) is 0 Å². The largest absolute Gasteiger partial charge is 0.492 e. The Morgan fingerprint density at radius 3 is 2.48 bits per heavy atom. The van der Waals surface area contributed by atoms with Crippen LogP contribution in [0.4, 0.5) is 0 Å². The first-order valence-corrected chi connectivity index (χ1v) is 11.2. The van der Waals surface area contributed by atoms with Crippen molar-refractivity contribution >= 4 is 5.96 Å². The summed E-state index contributed by atoms with van der Waals surface area (Å²) in [5.74, 6) is 1.86. The Balaban J connectivity index is 1.39. The van der Waals surface area contributed by atoms with Gasteiger partial charge in [0, 0.05) is 58.9 Å². The molecule has 31 heavy (non-hydrogen) atoms. The average molecular weight is 429 g/mol. The molecule has 1 N–H and O–H groups in total. The lowest BCUT2D eigenvalue weighted by Crippen LogP contribution is -2.52. The summed E-state index contributed by atoms with van der Waals surface area (Å²) >= 11 is 0. The van der Waals surface area contributed by atoms with Crippen LogP contribution in [0, 0.1) is 0 Å². The number of aromatic nitrogens is 1. The molecule has 0 saturated carbocycles. The predicted octanol–water partition coefficient (Wildman–Crippen LogP) is 2.29. The molecule has 1 fully saturated rings. The highest BCUT2D eigenvalue weighted by Gasteiger charge is 2.20. The molecule has 2 heterocycles. The molecule has 0 spiro atoms. The molecule has 3 rings (SSSR count). The van der Waals surface area contributed by atoms with E-state index in [0.717, 1.165) is 76.3 Å². The van der Waals surface area contributed by atoms with Crippen LogP contribution in [-0.4, -0.2) is 85.3 Å². The lowest BCUT2D eigenvalue weighted by Gasteiger charge is -2.36. The number of piperazine rings is 1. The van der Waals surface area contributed by atoms with Gasteiger partial charge >= 0.3 is 0 Å². The van der Waals surface area contributed by atoms with Crippen molar-refractivity contribution in [3.63, 3.8) is 0 Å². The van der Waals surface area contributed by atoms with E-state index in [2.05, 4.69) is 56.1 Å². The predicted molar refractivity (Wildman–Crippen MR) is 123 cm³/mol. The molecule has 170 valence electrons. The highest BCUT2D eigenvalue weighted by atomic mass is 16.5. The molecule has 0 unspecified atom stereocenters. The van der Waals surface area contributed by atoms with E-state index in [1.807, 2.05) is 25.2 Å². The molecule has 0 amide bonds. The minimum atomic E-state index is 0.717. The van der Waals surface area contributed by atoms with E-state index in [0.29, 0.717) is 6.61 Å². The van der Waals surface area contributed by atoms with Crippen LogP contribution in [0.3, 0.4) is 0 Å². The normalized spacial score (nSPS) is 15.5. The van der Waals surface area contributed by atoms with Crippen molar-refractivity contribution in [1.29, 1.82) is 0 Å². The summed E-state index contributed by atoms with van der Waals surface area (Å²) in [6.07, 6.45) is 1.63. The van der Waals surface area contributed by atoms with Crippen molar-refractivity contribution in [3.8, 4) is 5.75 Å². The van der Waals surface area contributed by atoms with Crippen molar-refractivity contribution in [2.45, 2.75) is 26.9 Å². The lowest BCUT2D eigenvalue weighted by atomic mass is 10.2. The third kappa shape index (κ3) is 7.25. The first-order chi connectivity index (χ1) is 15.2. The van der Waals surface area contributed by atoms with Crippen LogP contribution in [0.15, 0.2) is 46.1 Å². The molecule has 1 aliphatic heterocycles. The Kier molecular flexibility index (Phi) is 9.17. The molecular weight excluding hydrogens is 392 g/mol. The Hall–Kier alpha value is -2.58. The van der Waals surface area contributed by atoms with Gasteiger partial charge in [-0.05, 0) is 30.8 Å². The molecule has 8 nitrogen and oxygen atoms in total. The van der Waals surface area contributed by atoms with E-state index in [1.165, 1.54) is 5.56 Å². The summed E-state index contributed by atoms with van der Waals surface area (Å²) in [6, 6.07) is 10.2. The Bertz CT molecular complexity index is 766. The van der Waals surface area contributed by atoms with Crippen LogP contribution in [0.25, 0.3) is 0 Å². The van der Waals surface area contributed by atoms with Crippen LogP contribution in [0.5, 0.6) is 5.75 Å². The van der Waals surface area contributed by atoms with Gasteiger partial charge in [0.25, 0.3) is 0 Å². The van der Waals surface area contributed by atoms with Crippen LogP contribution < -0.4 is 10.1 Å². The second-order valence-corrected chi connectivity index (χ2v) is 7.67. The number of ether oxygens (including phenoxy) is 1. The van der Waals surface area contributed by atoms with E-state index in [9.17, 15) is 0 Å². The second-order valence-electron chi connectivity index (χ2n) is 7.67. The molecule has 1 aromatic heterocycles. The summed E-state index contributed by atoms with van der Waals surface area (Å²) in [4.78, 5) is 11.5. The highest BCUT2D eigenvalue weighted by molar-refractivity contribution is 5.80. The summed E-state index contributed by atoms with van der Waals surface area (Å²) in [5.41, 5.74) is 2.19. The fraction of sp³-hybridized carbons (Fsp3) is 0.565. The Labute approximate surface area is 185 Å². The van der Waals surface area contributed by atoms with Crippen LogP contribution in [0.1, 0.15) is 25.1 Å². The maximum atomic E-state index is 5.88. The third-order valence-electron chi connectivity index (χ3n) is 5.71. The molecule has 1 aromatic carbocycles. The number of aliphatic imine (C=N–C) groups is 1. The number of rotatable bonds is 10. The molecular formula is C23H36N6O2. The topological polar surface area (TPSA) is 69.4 Å². The maximum absolute atomic E-state index is 5.88. The number of nitrogens with one attached hydrogen (secondary N) is 1.